The Kier molecular flexibility index (Phi) is 6.61. The average molecular weight is 435 g/mol. The number of nitrogens with zero attached hydrogens (tertiary/aromatic N) is 1. The quantitative estimate of drug-likeness (QED) is 0.592. The number of rotatable bonds is 7. The molecule has 0 radical (unpaired) electrons. The third-order valence-corrected chi connectivity index (χ3v) is 6.17. The maximum Gasteiger partial charge on any atom is 0.244 e. The monoisotopic (exact) mass is 434 g/mol. The zero-order valence-electron chi connectivity index (χ0n) is 18.9. The normalized spacial score (nSPS) is 15.8. The van der Waals surface area contributed by atoms with Crippen LogP contribution in [0.25, 0.3) is 11.0 Å². The second-order valence-corrected chi connectivity index (χ2v) is 8.64. The molecule has 1 atom stereocenters. The van der Waals surface area contributed by atoms with Crippen molar-refractivity contribution in [1.82, 2.24) is 4.90 Å². The molecule has 2 aromatic carbocycles. The lowest BCUT2D eigenvalue weighted by Crippen LogP contribution is -2.43. The molecule has 1 aromatic heterocycles. The zero-order chi connectivity index (χ0) is 22.7. The van der Waals surface area contributed by atoms with Crippen molar-refractivity contribution in [2.75, 3.05) is 25.0 Å². The van der Waals surface area contributed by atoms with Crippen LogP contribution in [-0.2, 0) is 20.7 Å². The molecule has 2 heterocycles. The third-order valence-electron chi connectivity index (χ3n) is 6.17. The molecule has 1 saturated heterocycles. The Balaban J connectivity index is 1.49. The van der Waals surface area contributed by atoms with E-state index < -0.39 is 0 Å². The van der Waals surface area contributed by atoms with Gasteiger partial charge in [0.05, 0.1) is 25.3 Å². The van der Waals surface area contributed by atoms with Crippen molar-refractivity contribution >= 4 is 28.5 Å². The first-order chi connectivity index (χ1) is 15.4. The molecule has 0 saturated carbocycles. The summed E-state index contributed by atoms with van der Waals surface area (Å²) in [5.74, 6) is -0.322. The van der Waals surface area contributed by atoms with Crippen molar-refractivity contribution in [2.45, 2.75) is 46.1 Å². The van der Waals surface area contributed by atoms with E-state index in [1.807, 2.05) is 57.2 Å². The molecule has 2 amide bonds. The molecule has 3 aromatic rings. The molecule has 6 nitrogen and oxygen atoms in total. The Morgan fingerprint density at radius 1 is 1.16 bits per heavy atom. The van der Waals surface area contributed by atoms with E-state index in [4.69, 9.17) is 9.15 Å². The van der Waals surface area contributed by atoms with Gasteiger partial charge in [-0.05, 0) is 62.4 Å². The van der Waals surface area contributed by atoms with Gasteiger partial charge in [-0.3, -0.25) is 9.59 Å². The average Bonchev–Trinajstić information content (AvgIpc) is 3.41. The molecule has 32 heavy (non-hydrogen) atoms. The highest BCUT2D eigenvalue weighted by molar-refractivity contribution is 5.96. The van der Waals surface area contributed by atoms with Gasteiger partial charge >= 0.3 is 0 Å². The summed E-state index contributed by atoms with van der Waals surface area (Å²) in [6, 6.07) is 11.8. The van der Waals surface area contributed by atoms with E-state index in [-0.39, 0.29) is 30.9 Å². The molecule has 6 heteroatoms. The van der Waals surface area contributed by atoms with Crippen LogP contribution in [0, 0.1) is 20.8 Å². The number of anilines is 1. The van der Waals surface area contributed by atoms with Crippen LogP contribution in [0.4, 0.5) is 5.69 Å². The van der Waals surface area contributed by atoms with Gasteiger partial charge in [0.1, 0.15) is 5.58 Å². The minimum atomic E-state index is -0.210. The Morgan fingerprint density at radius 3 is 2.78 bits per heavy atom. The first-order valence-electron chi connectivity index (χ1n) is 11.1. The first-order valence-corrected chi connectivity index (χ1v) is 11.1. The molecule has 0 aliphatic carbocycles. The number of carbonyl (C=O) groups is 2. The van der Waals surface area contributed by atoms with Crippen molar-refractivity contribution in [3.05, 3.63) is 64.9 Å². The summed E-state index contributed by atoms with van der Waals surface area (Å²) in [4.78, 5) is 27.7. The zero-order valence-corrected chi connectivity index (χ0v) is 18.9. The fraction of sp³-hybridized carbons (Fsp3) is 0.385. The molecule has 0 bridgehead atoms. The molecule has 4 rings (SSSR count). The van der Waals surface area contributed by atoms with Crippen molar-refractivity contribution in [3.8, 4) is 0 Å². The molecule has 168 valence electrons. The van der Waals surface area contributed by atoms with Crippen molar-refractivity contribution < 1.29 is 18.7 Å². The second kappa shape index (κ2) is 9.57. The Labute approximate surface area is 188 Å². The highest BCUT2D eigenvalue weighted by Gasteiger charge is 2.25. The number of amides is 2. The number of fused-ring (bicyclic) bond motifs is 1. The highest BCUT2D eigenvalue weighted by Crippen LogP contribution is 2.24. The predicted octanol–water partition coefficient (Wildman–Crippen LogP) is 4.55. The van der Waals surface area contributed by atoms with Gasteiger partial charge in [-0.25, -0.2) is 0 Å². The second-order valence-electron chi connectivity index (χ2n) is 8.64. The number of ether oxygens (including phenoxy) is 1. The highest BCUT2D eigenvalue weighted by atomic mass is 16.5. The van der Waals surface area contributed by atoms with Crippen LogP contribution in [0.15, 0.2) is 47.1 Å². The van der Waals surface area contributed by atoms with E-state index in [9.17, 15) is 9.59 Å². The van der Waals surface area contributed by atoms with Crippen LogP contribution in [0.1, 0.15) is 35.1 Å². The topological polar surface area (TPSA) is 71.8 Å². The summed E-state index contributed by atoms with van der Waals surface area (Å²) < 4.78 is 11.4. The lowest BCUT2D eigenvalue weighted by atomic mass is 10.1. The van der Waals surface area contributed by atoms with Gasteiger partial charge in [0.15, 0.2) is 0 Å². The maximum atomic E-state index is 13.3. The van der Waals surface area contributed by atoms with Crippen LogP contribution in [0.5, 0.6) is 0 Å². The van der Waals surface area contributed by atoms with Crippen LogP contribution in [-0.4, -0.2) is 42.5 Å². The lowest BCUT2D eigenvalue weighted by Gasteiger charge is -2.25. The summed E-state index contributed by atoms with van der Waals surface area (Å²) in [5, 5.41) is 3.90. The molecule has 1 N–H and O–H groups in total. The van der Waals surface area contributed by atoms with E-state index in [1.54, 1.807) is 11.2 Å². The van der Waals surface area contributed by atoms with Gasteiger partial charge in [0, 0.05) is 29.8 Å². The predicted molar refractivity (Wildman–Crippen MR) is 125 cm³/mol. The molecular formula is C26H30N2O4. The number of benzene rings is 2. The minimum Gasteiger partial charge on any atom is -0.464 e. The van der Waals surface area contributed by atoms with E-state index in [2.05, 4.69) is 5.32 Å². The summed E-state index contributed by atoms with van der Waals surface area (Å²) in [6.45, 7) is 7.09. The van der Waals surface area contributed by atoms with Gasteiger partial charge in [0.2, 0.25) is 11.8 Å². The SMILES string of the molecule is Cc1ccc2c(CC(=O)N(CC(=O)Nc3cccc(C)c3C)C[C@H]3CCCO3)coc2c1. The van der Waals surface area contributed by atoms with Gasteiger partial charge in [-0.2, -0.15) is 0 Å². The van der Waals surface area contributed by atoms with E-state index in [0.29, 0.717) is 13.2 Å². The standard InChI is InChI=1S/C26H30N2O4/c1-17-9-10-22-20(16-32-24(22)12-17)13-26(30)28(14-21-7-5-11-31-21)15-25(29)27-23-8-4-6-18(2)19(23)3/h4,6,8-10,12,16,21H,5,7,11,13-15H2,1-3H3,(H,27,29)/t21-/m1/s1. The fourth-order valence-electron chi connectivity index (χ4n) is 4.14. The van der Waals surface area contributed by atoms with Crippen molar-refractivity contribution in [1.29, 1.82) is 0 Å². The summed E-state index contributed by atoms with van der Waals surface area (Å²) >= 11 is 0. The van der Waals surface area contributed by atoms with Crippen LogP contribution in [0.3, 0.4) is 0 Å². The largest absolute Gasteiger partial charge is 0.464 e. The smallest absolute Gasteiger partial charge is 0.244 e. The summed E-state index contributed by atoms with van der Waals surface area (Å²) in [7, 11) is 0. The molecule has 1 fully saturated rings. The Hall–Kier alpha value is -3.12. The van der Waals surface area contributed by atoms with E-state index in [0.717, 1.165) is 51.8 Å². The maximum absolute atomic E-state index is 13.3. The van der Waals surface area contributed by atoms with Crippen LogP contribution in [0.2, 0.25) is 0 Å². The number of furan rings is 1. The fourth-order valence-corrected chi connectivity index (χ4v) is 4.14. The number of aryl methyl sites for hydroxylation is 2. The van der Waals surface area contributed by atoms with Gasteiger partial charge in [0.25, 0.3) is 0 Å². The lowest BCUT2D eigenvalue weighted by molar-refractivity contribution is -0.135. The summed E-state index contributed by atoms with van der Waals surface area (Å²) in [6.07, 6.45) is 3.67. The third kappa shape index (κ3) is 5.02. The van der Waals surface area contributed by atoms with E-state index >= 15 is 0 Å². The Morgan fingerprint density at radius 2 is 2.00 bits per heavy atom. The number of hydrogen-bond acceptors (Lipinski definition) is 4. The number of nitrogens with one attached hydrogen (secondary N) is 1. The van der Waals surface area contributed by atoms with Gasteiger partial charge in [-0.1, -0.05) is 24.3 Å². The molecule has 1 aliphatic rings. The van der Waals surface area contributed by atoms with Crippen LogP contribution >= 0.6 is 0 Å². The number of hydrogen-bond donors (Lipinski definition) is 1. The van der Waals surface area contributed by atoms with Gasteiger partial charge < -0.3 is 19.4 Å². The number of carbonyl (C=O) groups excluding carboxylic acids is 2. The summed E-state index contributed by atoms with van der Waals surface area (Å²) in [5.41, 5.74) is 5.61. The van der Waals surface area contributed by atoms with E-state index in [1.165, 1.54) is 0 Å². The molecular weight excluding hydrogens is 404 g/mol. The van der Waals surface area contributed by atoms with Crippen molar-refractivity contribution in [2.24, 2.45) is 0 Å². The minimum absolute atomic E-state index is 0.0129. The molecule has 0 unspecified atom stereocenters. The molecule has 0 spiro atoms. The van der Waals surface area contributed by atoms with Crippen molar-refractivity contribution in [3.63, 3.8) is 0 Å². The van der Waals surface area contributed by atoms with Crippen LogP contribution < -0.4 is 5.32 Å². The van der Waals surface area contributed by atoms with Gasteiger partial charge in [-0.15, -0.1) is 0 Å². The Bertz CT molecular complexity index is 1130. The first kappa shape index (κ1) is 22.1. The molecule has 1 aliphatic heterocycles.